The summed E-state index contributed by atoms with van der Waals surface area (Å²) >= 11 is 3.30. The molecule has 0 spiro atoms. The van der Waals surface area contributed by atoms with Crippen molar-refractivity contribution < 1.29 is 4.79 Å². The van der Waals surface area contributed by atoms with E-state index in [-0.39, 0.29) is 5.91 Å². The summed E-state index contributed by atoms with van der Waals surface area (Å²) in [5.74, 6) is 2.17. The molecule has 0 saturated carbocycles. The molecule has 1 aliphatic carbocycles. The Kier molecular flexibility index (Phi) is 6.75. The molecule has 1 aliphatic rings. The maximum absolute atomic E-state index is 11.9. The topological polar surface area (TPSA) is 59.8 Å². The van der Waals surface area contributed by atoms with Crippen LogP contribution in [0.5, 0.6) is 0 Å². The second-order valence-corrected chi connectivity index (χ2v) is 9.01. The first kappa shape index (κ1) is 19.4. The molecule has 2 aromatic heterocycles. The highest BCUT2D eigenvalue weighted by atomic mass is 32.2. The number of thioether (sulfide) groups is 1. The normalized spacial score (nSPS) is 16.5. The molecule has 142 valence electrons. The summed E-state index contributed by atoms with van der Waals surface area (Å²) in [5, 5.41) is 12.4. The van der Waals surface area contributed by atoms with Crippen LogP contribution in [0.4, 0.5) is 0 Å². The third kappa shape index (κ3) is 4.49. The van der Waals surface area contributed by atoms with Gasteiger partial charge in [0.2, 0.25) is 5.91 Å². The predicted octanol–water partition coefficient (Wildman–Crippen LogP) is 4.07. The number of aryl methyl sites for hydroxylation is 1. The Morgan fingerprint density at radius 3 is 3.04 bits per heavy atom. The summed E-state index contributed by atoms with van der Waals surface area (Å²) in [5.41, 5.74) is 1.50. The van der Waals surface area contributed by atoms with Gasteiger partial charge in [-0.05, 0) is 43.2 Å². The minimum Gasteiger partial charge on any atom is -0.355 e. The summed E-state index contributed by atoms with van der Waals surface area (Å²) < 4.78 is 2.01. The van der Waals surface area contributed by atoms with Crippen LogP contribution in [0.1, 0.15) is 50.0 Å². The molecule has 2 heterocycles. The highest BCUT2D eigenvalue weighted by molar-refractivity contribution is 7.99. The lowest BCUT2D eigenvalue weighted by Crippen LogP contribution is -2.26. The van der Waals surface area contributed by atoms with E-state index in [4.69, 9.17) is 0 Å². The smallest absolute Gasteiger partial charge is 0.230 e. The van der Waals surface area contributed by atoms with Gasteiger partial charge >= 0.3 is 0 Å². The van der Waals surface area contributed by atoms with Crippen molar-refractivity contribution in [2.75, 3.05) is 12.3 Å². The molecule has 0 saturated heterocycles. The van der Waals surface area contributed by atoms with E-state index in [2.05, 4.69) is 35.4 Å². The number of rotatable bonds is 8. The van der Waals surface area contributed by atoms with Gasteiger partial charge in [-0.2, -0.15) is 0 Å². The van der Waals surface area contributed by atoms with Crippen LogP contribution < -0.4 is 5.32 Å². The van der Waals surface area contributed by atoms with E-state index < -0.39 is 0 Å². The fourth-order valence-corrected chi connectivity index (χ4v) is 5.27. The van der Waals surface area contributed by atoms with Crippen LogP contribution in [0.2, 0.25) is 0 Å². The van der Waals surface area contributed by atoms with Crippen LogP contribution in [0.15, 0.2) is 11.2 Å². The van der Waals surface area contributed by atoms with Crippen molar-refractivity contribution in [1.29, 1.82) is 0 Å². The van der Waals surface area contributed by atoms with E-state index >= 15 is 0 Å². The lowest BCUT2D eigenvalue weighted by molar-refractivity contribution is -0.118. The predicted molar refractivity (Wildman–Crippen MR) is 109 cm³/mol. The lowest BCUT2D eigenvalue weighted by Gasteiger charge is -2.19. The monoisotopic (exact) mass is 392 g/mol. The van der Waals surface area contributed by atoms with Crippen molar-refractivity contribution in [2.45, 2.75) is 57.5 Å². The molecule has 3 rings (SSSR count). The Hall–Kier alpha value is -1.34. The zero-order chi connectivity index (χ0) is 18.5. The Labute approximate surface area is 164 Å². The van der Waals surface area contributed by atoms with E-state index in [1.165, 1.54) is 52.8 Å². The van der Waals surface area contributed by atoms with Crippen molar-refractivity contribution >= 4 is 29.0 Å². The fraction of sp³-hybridized carbons (Fsp3) is 0.632. The molecule has 1 unspecified atom stereocenters. The number of carbonyl (C=O) groups is 1. The molecule has 2 aromatic rings. The van der Waals surface area contributed by atoms with Gasteiger partial charge in [0.15, 0.2) is 11.0 Å². The molecule has 26 heavy (non-hydrogen) atoms. The van der Waals surface area contributed by atoms with Gasteiger partial charge in [-0.3, -0.25) is 4.79 Å². The van der Waals surface area contributed by atoms with E-state index in [9.17, 15) is 4.79 Å². The minimum atomic E-state index is 0.0604. The number of hydrogen-bond donors (Lipinski definition) is 1. The number of aromatic nitrogens is 3. The standard InChI is InChI=1S/C19H28N4OS2/c1-4-6-9-20-17(24)12-25-19-22-21-18(23(19)3)16-11-14-10-13(5-2)7-8-15(14)26-16/h11,13H,4-10,12H2,1-3H3,(H,20,24). The largest absolute Gasteiger partial charge is 0.355 e. The average Bonchev–Trinajstić information content (AvgIpc) is 3.22. The van der Waals surface area contributed by atoms with Crippen molar-refractivity contribution in [2.24, 2.45) is 13.0 Å². The third-order valence-corrected chi connectivity index (χ3v) is 7.26. The van der Waals surface area contributed by atoms with Crippen LogP contribution in [-0.2, 0) is 24.7 Å². The molecule has 7 heteroatoms. The Morgan fingerprint density at radius 1 is 1.42 bits per heavy atom. The van der Waals surface area contributed by atoms with Gasteiger partial charge in [0.1, 0.15) is 0 Å². The van der Waals surface area contributed by atoms with Gasteiger partial charge in [-0.15, -0.1) is 21.5 Å². The zero-order valence-corrected chi connectivity index (χ0v) is 17.5. The molecular weight excluding hydrogens is 364 g/mol. The number of amides is 1. The van der Waals surface area contributed by atoms with Gasteiger partial charge in [-0.1, -0.05) is 38.5 Å². The summed E-state index contributed by atoms with van der Waals surface area (Å²) in [6.07, 6.45) is 7.05. The maximum Gasteiger partial charge on any atom is 0.230 e. The number of carbonyl (C=O) groups excluding carboxylic acids is 1. The molecule has 0 bridgehead atoms. The Bertz CT molecular complexity index is 753. The van der Waals surface area contributed by atoms with Gasteiger partial charge in [0.25, 0.3) is 0 Å². The molecule has 0 aliphatic heterocycles. The quantitative estimate of drug-likeness (QED) is 0.543. The van der Waals surface area contributed by atoms with Crippen molar-refractivity contribution in [1.82, 2.24) is 20.1 Å². The molecule has 0 radical (unpaired) electrons. The Morgan fingerprint density at radius 2 is 2.27 bits per heavy atom. The van der Waals surface area contributed by atoms with Gasteiger partial charge < -0.3 is 9.88 Å². The van der Waals surface area contributed by atoms with Gasteiger partial charge in [0, 0.05) is 18.5 Å². The maximum atomic E-state index is 11.9. The highest BCUT2D eigenvalue weighted by Gasteiger charge is 2.22. The van der Waals surface area contributed by atoms with Crippen LogP contribution in [0.25, 0.3) is 10.7 Å². The van der Waals surface area contributed by atoms with Crippen LogP contribution >= 0.6 is 23.1 Å². The van der Waals surface area contributed by atoms with Crippen molar-refractivity contribution in [3.05, 3.63) is 16.5 Å². The van der Waals surface area contributed by atoms with Crippen LogP contribution in [0, 0.1) is 5.92 Å². The molecule has 1 amide bonds. The molecular formula is C19H28N4OS2. The van der Waals surface area contributed by atoms with Crippen molar-refractivity contribution in [3.8, 4) is 10.7 Å². The number of unbranched alkanes of at least 4 members (excludes halogenated alkanes) is 1. The summed E-state index contributed by atoms with van der Waals surface area (Å²) in [7, 11) is 1.99. The first-order valence-electron chi connectivity index (χ1n) is 9.53. The second kappa shape index (κ2) is 9.04. The van der Waals surface area contributed by atoms with Crippen LogP contribution in [0.3, 0.4) is 0 Å². The molecule has 1 atom stereocenters. The van der Waals surface area contributed by atoms with Crippen LogP contribution in [-0.4, -0.2) is 33.0 Å². The number of nitrogens with zero attached hydrogens (tertiary/aromatic N) is 3. The number of fused-ring (bicyclic) bond motifs is 1. The molecule has 0 aromatic carbocycles. The van der Waals surface area contributed by atoms with Crippen molar-refractivity contribution in [3.63, 3.8) is 0 Å². The molecule has 5 nitrogen and oxygen atoms in total. The number of thiophene rings is 1. The van der Waals surface area contributed by atoms with E-state index in [1.807, 2.05) is 23.0 Å². The first-order chi connectivity index (χ1) is 12.6. The molecule has 1 N–H and O–H groups in total. The second-order valence-electron chi connectivity index (χ2n) is 6.93. The van der Waals surface area contributed by atoms with E-state index in [0.717, 1.165) is 36.3 Å². The summed E-state index contributed by atoms with van der Waals surface area (Å²) in [4.78, 5) is 14.6. The lowest BCUT2D eigenvalue weighted by atomic mass is 9.87. The number of hydrogen-bond acceptors (Lipinski definition) is 5. The molecule has 0 fully saturated rings. The van der Waals surface area contributed by atoms with E-state index in [0.29, 0.717) is 5.75 Å². The van der Waals surface area contributed by atoms with E-state index in [1.54, 1.807) is 0 Å². The first-order valence-corrected chi connectivity index (χ1v) is 11.3. The van der Waals surface area contributed by atoms with Gasteiger partial charge in [-0.25, -0.2) is 0 Å². The third-order valence-electron chi connectivity index (χ3n) is 5.00. The minimum absolute atomic E-state index is 0.0604. The number of nitrogens with one attached hydrogen (secondary N) is 1. The Balaban J connectivity index is 1.64. The SMILES string of the molecule is CCCCNC(=O)CSc1nnc(-c2cc3c(s2)CCC(CC)C3)n1C. The average molecular weight is 393 g/mol. The fourth-order valence-electron chi connectivity index (χ4n) is 3.30. The zero-order valence-electron chi connectivity index (χ0n) is 15.9. The highest BCUT2D eigenvalue weighted by Crippen LogP contribution is 2.37. The van der Waals surface area contributed by atoms with Gasteiger partial charge in [0.05, 0.1) is 10.6 Å². The summed E-state index contributed by atoms with van der Waals surface area (Å²) in [6, 6.07) is 2.30. The summed E-state index contributed by atoms with van der Waals surface area (Å²) in [6.45, 7) is 5.15.